The molecule has 0 rings (SSSR count). The van der Waals surface area contributed by atoms with Gasteiger partial charge >= 0.3 is 27.6 Å². The van der Waals surface area contributed by atoms with E-state index in [1.165, 1.54) is 44.9 Å². The third-order valence-corrected chi connectivity index (χ3v) is 9.66. The Morgan fingerprint density at radius 2 is 1.25 bits per heavy atom. The Balaban J connectivity index is 4.70. The molecule has 0 aromatic rings. The molecule has 14 nitrogen and oxygen atoms in total. The van der Waals surface area contributed by atoms with Crippen molar-refractivity contribution >= 4 is 27.6 Å². The van der Waals surface area contributed by atoms with Gasteiger partial charge in [0.25, 0.3) is 0 Å². The highest BCUT2D eigenvalue weighted by Crippen LogP contribution is 2.43. The summed E-state index contributed by atoms with van der Waals surface area (Å²) in [6, 6.07) is 0. The van der Waals surface area contributed by atoms with Crippen molar-refractivity contribution in [2.75, 3.05) is 26.4 Å². The molecule has 56 heavy (non-hydrogen) atoms. The van der Waals surface area contributed by atoms with Crippen molar-refractivity contribution in [3.05, 3.63) is 48.6 Å². The van der Waals surface area contributed by atoms with Crippen LogP contribution < -0.4 is 0 Å². The van der Waals surface area contributed by atoms with Crippen molar-refractivity contribution < 1.29 is 66.7 Å². The molecular weight excluding hydrogens is 766 g/mol. The van der Waals surface area contributed by atoms with Gasteiger partial charge in [0.2, 0.25) is 0 Å². The van der Waals surface area contributed by atoms with E-state index in [9.17, 15) is 33.8 Å². The van der Waals surface area contributed by atoms with Gasteiger partial charge in [-0.05, 0) is 50.9 Å². The molecule has 5 N–H and O–H groups in total. The SMILES string of the molecule is CCCCC/C=C\C[C@@H](O)/C=C/C=C\C/C=C\CCCC(=O)OC[C@H](COP(=O)(O)OC[C@@H](O)COP(=O)(O)O)OC(=O)CCCCCCCCCCC(C)C. The second-order valence-corrected chi connectivity index (χ2v) is 16.9. The smallest absolute Gasteiger partial charge is 0.462 e. The first-order chi connectivity index (χ1) is 26.6. The lowest BCUT2D eigenvalue weighted by molar-refractivity contribution is -0.161. The number of phosphoric acid groups is 2. The Morgan fingerprint density at radius 3 is 1.93 bits per heavy atom. The molecule has 16 heteroatoms. The first kappa shape index (κ1) is 54.0. The molecule has 0 aliphatic rings. The third-order valence-electron chi connectivity index (χ3n) is 8.22. The minimum absolute atomic E-state index is 0.0866. The number of esters is 2. The Kier molecular flexibility index (Phi) is 33.8. The number of aliphatic hydroxyl groups excluding tert-OH is 2. The van der Waals surface area contributed by atoms with E-state index in [1.54, 1.807) is 6.08 Å². The fraction of sp³-hybridized carbons (Fsp3) is 0.750. The molecule has 0 amide bonds. The van der Waals surface area contributed by atoms with Gasteiger partial charge in [0, 0.05) is 12.8 Å². The summed E-state index contributed by atoms with van der Waals surface area (Å²) >= 11 is 0. The molecule has 0 saturated carbocycles. The first-order valence-corrected chi connectivity index (χ1v) is 23.3. The highest BCUT2D eigenvalue weighted by Gasteiger charge is 2.28. The Labute approximate surface area is 335 Å². The zero-order valence-electron chi connectivity index (χ0n) is 34.0. The summed E-state index contributed by atoms with van der Waals surface area (Å²) in [6.45, 7) is 3.81. The van der Waals surface area contributed by atoms with E-state index >= 15 is 0 Å². The molecule has 0 aromatic heterocycles. The van der Waals surface area contributed by atoms with Crippen LogP contribution in [0.5, 0.6) is 0 Å². The fourth-order valence-corrected chi connectivity index (χ4v) is 6.23. The van der Waals surface area contributed by atoms with Crippen LogP contribution in [0.1, 0.15) is 143 Å². The normalized spacial score (nSPS) is 15.3. The van der Waals surface area contributed by atoms with Crippen molar-refractivity contribution in [2.24, 2.45) is 5.92 Å². The van der Waals surface area contributed by atoms with E-state index in [4.69, 9.17) is 23.8 Å². The Morgan fingerprint density at radius 1 is 0.643 bits per heavy atom. The number of rotatable bonds is 37. The van der Waals surface area contributed by atoms with Crippen LogP contribution in [0.25, 0.3) is 0 Å². The van der Waals surface area contributed by atoms with Crippen LogP contribution in [0, 0.1) is 5.92 Å². The maximum absolute atomic E-state index is 12.6. The maximum atomic E-state index is 12.6. The van der Waals surface area contributed by atoms with Gasteiger partial charge in [-0.25, -0.2) is 9.13 Å². The van der Waals surface area contributed by atoms with Gasteiger partial charge < -0.3 is 34.4 Å². The second kappa shape index (κ2) is 35.0. The van der Waals surface area contributed by atoms with Crippen LogP contribution in [0.4, 0.5) is 0 Å². The molecule has 4 atom stereocenters. The predicted molar refractivity (Wildman–Crippen MR) is 217 cm³/mol. The van der Waals surface area contributed by atoms with E-state index in [0.29, 0.717) is 32.1 Å². The van der Waals surface area contributed by atoms with E-state index in [-0.39, 0.29) is 12.8 Å². The molecule has 0 spiro atoms. The molecule has 0 heterocycles. The van der Waals surface area contributed by atoms with Crippen molar-refractivity contribution in [2.45, 2.75) is 161 Å². The van der Waals surface area contributed by atoms with E-state index < -0.39 is 72.3 Å². The number of aliphatic hydroxyl groups is 2. The van der Waals surface area contributed by atoms with Crippen LogP contribution in [-0.2, 0) is 41.8 Å². The lowest BCUT2D eigenvalue weighted by Gasteiger charge is -2.20. The van der Waals surface area contributed by atoms with E-state index in [1.807, 2.05) is 36.5 Å². The van der Waals surface area contributed by atoms with Gasteiger partial charge in [0.1, 0.15) is 12.7 Å². The summed E-state index contributed by atoms with van der Waals surface area (Å²) in [5.74, 6) is -0.414. The number of hydrogen-bond acceptors (Lipinski definition) is 11. The van der Waals surface area contributed by atoms with Crippen molar-refractivity contribution in [1.82, 2.24) is 0 Å². The molecule has 1 unspecified atom stereocenters. The molecule has 0 fully saturated rings. The topological polar surface area (TPSA) is 216 Å². The minimum Gasteiger partial charge on any atom is -0.462 e. The molecular formula is C40H72O14P2. The van der Waals surface area contributed by atoms with Gasteiger partial charge in [-0.1, -0.05) is 134 Å². The summed E-state index contributed by atoms with van der Waals surface area (Å²) in [5.41, 5.74) is 0. The van der Waals surface area contributed by atoms with Crippen molar-refractivity contribution in [1.29, 1.82) is 0 Å². The summed E-state index contributed by atoms with van der Waals surface area (Å²) in [7, 11) is -9.70. The lowest BCUT2D eigenvalue weighted by atomic mass is 10.0. The minimum atomic E-state index is -4.87. The number of unbranched alkanes of at least 4 members (excludes halogenated alkanes) is 11. The summed E-state index contributed by atoms with van der Waals surface area (Å²) < 4.78 is 47.5. The average Bonchev–Trinajstić information content (AvgIpc) is 3.13. The molecule has 0 saturated heterocycles. The standard InChI is InChI=1S/C40H72O14P2/c1-4-5-6-7-17-22-27-36(41)28-23-18-13-9-11-14-19-24-29-39(43)50-33-38(34-53-56(48,49)52-32-37(42)31-51-55(45,46)47)54-40(44)30-25-20-15-10-8-12-16-21-26-35(2)3/h11,13-14,17-18,22-23,28,35-38,41-42H,4-10,12,15-16,19-21,24-27,29-34H2,1-3H3,(H,48,49)(H2,45,46,47)/b14-11-,18-13-,22-17-,28-23+/t36-,37+,38-/m1/s1. The molecule has 0 radical (unpaired) electrons. The Hall–Kier alpha value is -1.96. The summed E-state index contributed by atoms with van der Waals surface area (Å²) in [4.78, 5) is 52.5. The number of carbonyl (C=O) groups is 2. The second-order valence-electron chi connectivity index (χ2n) is 14.2. The molecule has 0 bridgehead atoms. The quantitative estimate of drug-likeness (QED) is 0.0130. The molecule has 0 aromatic carbocycles. The highest BCUT2D eigenvalue weighted by molar-refractivity contribution is 7.47. The maximum Gasteiger partial charge on any atom is 0.472 e. The molecule has 326 valence electrons. The fourth-order valence-electron chi connectivity index (χ4n) is 5.08. The van der Waals surface area contributed by atoms with Crippen molar-refractivity contribution in [3.8, 4) is 0 Å². The van der Waals surface area contributed by atoms with Crippen LogP contribution in [0.15, 0.2) is 48.6 Å². The number of allylic oxidation sites excluding steroid dienone is 6. The van der Waals surface area contributed by atoms with Gasteiger partial charge in [-0.2, -0.15) is 0 Å². The third kappa shape index (κ3) is 38.9. The number of phosphoric ester groups is 2. The highest BCUT2D eigenvalue weighted by atomic mass is 31.2. The van der Waals surface area contributed by atoms with Crippen LogP contribution in [0.2, 0.25) is 0 Å². The zero-order chi connectivity index (χ0) is 41.9. The molecule has 0 aliphatic carbocycles. The Bertz CT molecular complexity index is 1210. The van der Waals surface area contributed by atoms with Gasteiger partial charge in [0.05, 0.1) is 25.9 Å². The van der Waals surface area contributed by atoms with Gasteiger partial charge in [0.15, 0.2) is 6.10 Å². The average molecular weight is 839 g/mol. The van der Waals surface area contributed by atoms with E-state index in [2.05, 4.69) is 35.9 Å². The van der Waals surface area contributed by atoms with Crippen LogP contribution >= 0.6 is 15.6 Å². The lowest BCUT2D eigenvalue weighted by Crippen LogP contribution is -2.30. The van der Waals surface area contributed by atoms with E-state index in [0.717, 1.165) is 38.0 Å². The number of ether oxygens (including phenoxy) is 2. The largest absolute Gasteiger partial charge is 0.472 e. The molecule has 0 aliphatic heterocycles. The van der Waals surface area contributed by atoms with Crippen LogP contribution in [0.3, 0.4) is 0 Å². The van der Waals surface area contributed by atoms with Gasteiger partial charge in [-0.3, -0.25) is 23.2 Å². The zero-order valence-corrected chi connectivity index (χ0v) is 35.8. The monoisotopic (exact) mass is 838 g/mol. The number of carbonyl (C=O) groups excluding carboxylic acids is 2. The van der Waals surface area contributed by atoms with Gasteiger partial charge in [-0.15, -0.1) is 0 Å². The predicted octanol–water partition coefficient (Wildman–Crippen LogP) is 8.72. The van der Waals surface area contributed by atoms with Crippen LogP contribution in [-0.4, -0.2) is 81.6 Å². The first-order valence-electron chi connectivity index (χ1n) is 20.3. The number of hydrogen-bond donors (Lipinski definition) is 5. The summed E-state index contributed by atoms with van der Waals surface area (Å²) in [6.07, 6.45) is 28.8. The van der Waals surface area contributed by atoms with Crippen molar-refractivity contribution in [3.63, 3.8) is 0 Å². The summed E-state index contributed by atoms with van der Waals surface area (Å²) in [5, 5.41) is 19.7.